The molecule has 182 valence electrons. The van der Waals surface area contributed by atoms with Gasteiger partial charge in [-0.25, -0.2) is 0 Å². The first-order valence-corrected chi connectivity index (χ1v) is 12.6. The highest BCUT2D eigenvalue weighted by Gasteiger charge is 2.42. The lowest BCUT2D eigenvalue weighted by Gasteiger charge is -2.29. The van der Waals surface area contributed by atoms with E-state index in [1.54, 1.807) is 6.20 Å². The number of halogens is 1. The van der Waals surface area contributed by atoms with E-state index in [0.717, 1.165) is 27.2 Å². The molecule has 2 aromatic heterocycles. The monoisotopic (exact) mass is 561 g/mol. The highest BCUT2D eigenvalue weighted by molar-refractivity contribution is 9.10. The highest BCUT2D eigenvalue weighted by Crippen LogP contribution is 2.42. The van der Waals surface area contributed by atoms with Crippen LogP contribution in [0.25, 0.3) is 5.69 Å². The van der Waals surface area contributed by atoms with Gasteiger partial charge in [0, 0.05) is 46.7 Å². The Balaban J connectivity index is 1.55. The Morgan fingerprint density at radius 1 is 1.06 bits per heavy atom. The lowest BCUT2D eigenvalue weighted by molar-refractivity contribution is -0.119. The molecule has 2 aromatic carbocycles. The molecule has 5 rings (SSSR count). The van der Waals surface area contributed by atoms with Gasteiger partial charge < -0.3 is 24.8 Å². The predicted molar refractivity (Wildman–Crippen MR) is 148 cm³/mol. The fraction of sp³-hybridized carbons (Fsp3) is 0.148. The summed E-state index contributed by atoms with van der Waals surface area (Å²) >= 11 is 9.38. The molecule has 0 bridgehead atoms. The van der Waals surface area contributed by atoms with E-state index in [2.05, 4.69) is 65.4 Å². The molecular weight excluding hydrogens is 538 g/mol. The van der Waals surface area contributed by atoms with Crippen molar-refractivity contribution in [1.82, 2.24) is 14.9 Å². The summed E-state index contributed by atoms with van der Waals surface area (Å²) in [6, 6.07) is 25.6. The highest BCUT2D eigenvalue weighted by atomic mass is 79.9. The SMILES string of the molecule is COCC(=O)Nc1ccc(N2C(=S)N[C@H](c3ccccn3)[C@@H]2c2cccn2-c2ccc(Br)cc2)cc1. The summed E-state index contributed by atoms with van der Waals surface area (Å²) in [6.45, 7) is 0.00274. The van der Waals surface area contributed by atoms with E-state index < -0.39 is 0 Å². The Labute approximate surface area is 223 Å². The molecule has 1 fully saturated rings. The number of aromatic nitrogens is 2. The summed E-state index contributed by atoms with van der Waals surface area (Å²) in [5.41, 5.74) is 4.61. The number of methoxy groups -OCH3 is 1. The zero-order chi connectivity index (χ0) is 25.1. The van der Waals surface area contributed by atoms with Crippen molar-refractivity contribution in [2.24, 2.45) is 0 Å². The van der Waals surface area contributed by atoms with Gasteiger partial charge in [0.15, 0.2) is 5.11 Å². The van der Waals surface area contributed by atoms with Crippen molar-refractivity contribution in [3.63, 3.8) is 0 Å². The number of thiocarbonyl (C=S) groups is 1. The third kappa shape index (κ3) is 4.90. The molecule has 0 spiro atoms. The normalized spacial score (nSPS) is 17.2. The summed E-state index contributed by atoms with van der Waals surface area (Å²) in [5.74, 6) is -0.205. The number of hydrogen-bond donors (Lipinski definition) is 2. The van der Waals surface area contributed by atoms with Crippen LogP contribution in [-0.2, 0) is 9.53 Å². The molecular formula is C27H24BrN5O2S. The molecule has 1 aliphatic heterocycles. The molecule has 0 unspecified atom stereocenters. The van der Waals surface area contributed by atoms with Gasteiger partial charge in [0.25, 0.3) is 0 Å². The first kappa shape index (κ1) is 24.2. The number of nitrogens with zero attached hydrogens (tertiary/aromatic N) is 3. The maximum absolute atomic E-state index is 11.9. The lowest BCUT2D eigenvalue weighted by Crippen LogP contribution is -2.30. The van der Waals surface area contributed by atoms with Crippen molar-refractivity contribution >= 4 is 50.5 Å². The Bertz CT molecular complexity index is 1360. The molecule has 1 saturated heterocycles. The number of carbonyl (C=O) groups is 1. The molecule has 0 saturated carbocycles. The fourth-order valence-corrected chi connectivity index (χ4v) is 5.05. The number of carbonyl (C=O) groups excluding carboxylic acids is 1. The Morgan fingerprint density at radius 2 is 1.81 bits per heavy atom. The first-order valence-electron chi connectivity index (χ1n) is 11.4. The van der Waals surface area contributed by atoms with Crippen LogP contribution in [0.4, 0.5) is 11.4 Å². The van der Waals surface area contributed by atoms with E-state index in [-0.39, 0.29) is 24.6 Å². The average Bonchev–Trinajstić information content (AvgIpc) is 3.50. The molecule has 36 heavy (non-hydrogen) atoms. The molecule has 1 aliphatic rings. The van der Waals surface area contributed by atoms with Crippen LogP contribution >= 0.6 is 28.1 Å². The smallest absolute Gasteiger partial charge is 0.250 e. The van der Waals surface area contributed by atoms with Gasteiger partial charge in [0.05, 0.1) is 11.7 Å². The van der Waals surface area contributed by atoms with Gasteiger partial charge in [0.1, 0.15) is 12.6 Å². The molecule has 3 heterocycles. The van der Waals surface area contributed by atoms with E-state index in [1.807, 2.05) is 60.7 Å². The Hall–Kier alpha value is -3.53. The number of anilines is 2. The second-order valence-electron chi connectivity index (χ2n) is 8.30. The fourth-order valence-electron chi connectivity index (χ4n) is 4.44. The minimum atomic E-state index is -0.205. The van der Waals surface area contributed by atoms with E-state index in [0.29, 0.717) is 10.8 Å². The van der Waals surface area contributed by atoms with Gasteiger partial charge in [-0.05, 0) is 85.0 Å². The van der Waals surface area contributed by atoms with E-state index >= 15 is 0 Å². The van der Waals surface area contributed by atoms with Crippen LogP contribution in [0.5, 0.6) is 0 Å². The molecule has 4 aromatic rings. The standard InChI is InChI=1S/C27H24BrN5O2S/c1-35-17-24(34)30-19-9-13-21(14-10-19)33-26(25(31-27(33)36)22-5-2-3-15-29-22)23-6-4-16-32(23)20-11-7-18(28)8-12-20/h2-16,25-26H,17H2,1H3,(H,30,34)(H,31,36)/t25-,26+/m1/s1. The van der Waals surface area contributed by atoms with Crippen LogP contribution in [0.15, 0.2) is 95.7 Å². The van der Waals surface area contributed by atoms with Crippen molar-refractivity contribution in [2.45, 2.75) is 12.1 Å². The summed E-state index contributed by atoms with van der Waals surface area (Å²) in [6.07, 6.45) is 3.85. The van der Waals surface area contributed by atoms with Crippen LogP contribution in [0.3, 0.4) is 0 Å². The number of nitrogens with one attached hydrogen (secondary N) is 2. The average molecular weight is 562 g/mol. The van der Waals surface area contributed by atoms with Crippen LogP contribution in [-0.4, -0.2) is 34.3 Å². The van der Waals surface area contributed by atoms with Crippen LogP contribution < -0.4 is 15.5 Å². The van der Waals surface area contributed by atoms with Gasteiger partial charge in [-0.2, -0.15) is 0 Å². The molecule has 0 radical (unpaired) electrons. The number of ether oxygens (including phenoxy) is 1. The first-order chi connectivity index (χ1) is 17.5. The molecule has 9 heteroatoms. The number of amides is 1. The molecule has 1 amide bonds. The summed E-state index contributed by atoms with van der Waals surface area (Å²) in [7, 11) is 1.49. The van der Waals surface area contributed by atoms with E-state index in [4.69, 9.17) is 17.0 Å². The molecule has 7 nitrogen and oxygen atoms in total. The van der Waals surface area contributed by atoms with Crippen molar-refractivity contribution < 1.29 is 9.53 Å². The molecule has 2 N–H and O–H groups in total. The summed E-state index contributed by atoms with van der Waals surface area (Å²) in [4.78, 5) is 18.7. The molecule has 2 atom stereocenters. The van der Waals surface area contributed by atoms with Gasteiger partial charge in [-0.15, -0.1) is 0 Å². The van der Waals surface area contributed by atoms with Gasteiger partial charge in [-0.1, -0.05) is 22.0 Å². The van der Waals surface area contributed by atoms with Crippen molar-refractivity contribution in [2.75, 3.05) is 23.9 Å². The van der Waals surface area contributed by atoms with Gasteiger partial charge >= 0.3 is 0 Å². The summed E-state index contributed by atoms with van der Waals surface area (Å²) < 4.78 is 8.10. The van der Waals surface area contributed by atoms with Gasteiger partial charge in [0.2, 0.25) is 5.91 Å². The minimum absolute atomic E-state index is 0.00274. The van der Waals surface area contributed by atoms with E-state index in [9.17, 15) is 4.79 Å². The maximum atomic E-state index is 11.9. The number of rotatable bonds is 7. The Kier molecular flexibility index (Phi) is 7.13. The largest absolute Gasteiger partial charge is 0.375 e. The second kappa shape index (κ2) is 10.6. The number of pyridine rings is 1. The Morgan fingerprint density at radius 3 is 2.50 bits per heavy atom. The van der Waals surface area contributed by atoms with Gasteiger partial charge in [-0.3, -0.25) is 9.78 Å². The van der Waals surface area contributed by atoms with Crippen LogP contribution in [0, 0.1) is 0 Å². The maximum Gasteiger partial charge on any atom is 0.250 e. The third-order valence-electron chi connectivity index (χ3n) is 5.99. The van der Waals surface area contributed by atoms with Crippen molar-refractivity contribution in [3.8, 4) is 5.69 Å². The third-order valence-corrected chi connectivity index (χ3v) is 6.83. The van der Waals surface area contributed by atoms with Crippen molar-refractivity contribution in [3.05, 3.63) is 107 Å². The van der Waals surface area contributed by atoms with Crippen molar-refractivity contribution in [1.29, 1.82) is 0 Å². The predicted octanol–water partition coefficient (Wildman–Crippen LogP) is 5.40. The lowest BCUT2D eigenvalue weighted by atomic mass is 10.0. The van der Waals surface area contributed by atoms with Crippen LogP contribution in [0.1, 0.15) is 23.5 Å². The topological polar surface area (TPSA) is 71.4 Å². The minimum Gasteiger partial charge on any atom is -0.375 e. The van der Waals surface area contributed by atoms with Crippen LogP contribution in [0.2, 0.25) is 0 Å². The zero-order valence-electron chi connectivity index (χ0n) is 19.5. The summed E-state index contributed by atoms with van der Waals surface area (Å²) in [5, 5.41) is 6.93. The number of benzene rings is 2. The van der Waals surface area contributed by atoms with E-state index in [1.165, 1.54) is 7.11 Å². The zero-order valence-corrected chi connectivity index (χ0v) is 21.9. The number of hydrogen-bond acceptors (Lipinski definition) is 4. The second-order valence-corrected chi connectivity index (χ2v) is 9.61. The molecule has 0 aliphatic carbocycles. The quantitative estimate of drug-likeness (QED) is 0.294.